The van der Waals surface area contributed by atoms with Crippen LogP contribution in [0.4, 0.5) is 4.39 Å². The molecule has 2 N–H and O–H groups in total. The zero-order valence-corrected chi connectivity index (χ0v) is 20.5. The fourth-order valence-electron chi connectivity index (χ4n) is 4.41. The maximum Gasteiger partial charge on any atom is 0.326 e. The molecule has 0 unspecified atom stereocenters. The van der Waals surface area contributed by atoms with Gasteiger partial charge in [0.05, 0.1) is 16.5 Å². The van der Waals surface area contributed by atoms with Gasteiger partial charge in [-0.15, -0.1) is 0 Å². The second-order valence-corrected chi connectivity index (χ2v) is 10.6. The number of carbonyl (C=O) groups excluding carboxylic acids is 1. The Morgan fingerprint density at radius 3 is 2.51 bits per heavy atom. The van der Waals surface area contributed by atoms with Crippen LogP contribution in [0.2, 0.25) is 0 Å². The highest BCUT2D eigenvalue weighted by Gasteiger charge is 2.40. The lowest BCUT2D eigenvalue weighted by Gasteiger charge is -2.25. The van der Waals surface area contributed by atoms with Crippen molar-refractivity contribution in [2.24, 2.45) is 0 Å². The number of nitrogens with zero attached hydrogens (tertiary/aromatic N) is 2. The Hall–Kier alpha value is -4.07. The molecule has 0 aliphatic carbocycles. The molecule has 4 rings (SSSR count). The van der Waals surface area contributed by atoms with Crippen molar-refractivity contribution in [2.45, 2.75) is 36.2 Å². The van der Waals surface area contributed by atoms with Crippen LogP contribution < -0.4 is 5.32 Å². The zero-order chi connectivity index (χ0) is 26.6. The SMILES string of the molecule is N#Cc1ccccc1-c1ccc(C[C@H](NC(=O)[C@@H]2CCCN2S(=O)(=O)c2cccc(F)c2)C(=O)O)cc1. The molecule has 1 amide bonds. The van der Waals surface area contributed by atoms with Gasteiger partial charge in [-0.1, -0.05) is 48.5 Å². The zero-order valence-electron chi connectivity index (χ0n) is 19.7. The molecule has 8 nitrogen and oxygen atoms in total. The van der Waals surface area contributed by atoms with Crippen molar-refractivity contribution < 1.29 is 27.5 Å². The molecule has 2 atom stereocenters. The quantitative estimate of drug-likeness (QED) is 0.468. The molecule has 1 aliphatic rings. The summed E-state index contributed by atoms with van der Waals surface area (Å²) >= 11 is 0. The molecule has 0 bridgehead atoms. The molecule has 1 fully saturated rings. The lowest BCUT2D eigenvalue weighted by Crippen LogP contribution is -2.51. The Morgan fingerprint density at radius 2 is 1.84 bits per heavy atom. The molecule has 1 heterocycles. The number of sulfonamides is 1. The van der Waals surface area contributed by atoms with Crippen molar-refractivity contribution in [3.8, 4) is 17.2 Å². The molecule has 0 spiro atoms. The van der Waals surface area contributed by atoms with Gasteiger partial charge < -0.3 is 10.4 Å². The summed E-state index contributed by atoms with van der Waals surface area (Å²) in [5.41, 5.74) is 2.70. The van der Waals surface area contributed by atoms with Gasteiger partial charge in [-0.2, -0.15) is 9.57 Å². The summed E-state index contributed by atoms with van der Waals surface area (Å²) < 4.78 is 40.7. The average molecular weight is 522 g/mol. The van der Waals surface area contributed by atoms with Crippen LogP contribution in [0.25, 0.3) is 11.1 Å². The number of nitrogens with one attached hydrogen (secondary N) is 1. The van der Waals surface area contributed by atoms with E-state index in [-0.39, 0.29) is 24.3 Å². The number of benzene rings is 3. The number of nitriles is 1. The average Bonchev–Trinajstić information content (AvgIpc) is 3.40. The maximum absolute atomic E-state index is 13.6. The fourth-order valence-corrected chi connectivity index (χ4v) is 6.10. The van der Waals surface area contributed by atoms with Gasteiger partial charge in [-0.05, 0) is 53.8 Å². The number of aliphatic carboxylic acids is 1. The smallest absolute Gasteiger partial charge is 0.326 e. The predicted molar refractivity (Wildman–Crippen MR) is 133 cm³/mol. The molecular formula is C27H24FN3O5S. The lowest BCUT2D eigenvalue weighted by atomic mass is 9.97. The van der Waals surface area contributed by atoms with Gasteiger partial charge in [-0.3, -0.25) is 4.79 Å². The summed E-state index contributed by atoms with van der Waals surface area (Å²) in [6, 6.07) is 18.4. The summed E-state index contributed by atoms with van der Waals surface area (Å²) in [4.78, 5) is 24.7. The molecule has 3 aromatic rings. The van der Waals surface area contributed by atoms with Crippen LogP contribution in [0.5, 0.6) is 0 Å². The van der Waals surface area contributed by atoms with Crippen LogP contribution in [-0.4, -0.2) is 48.3 Å². The molecule has 10 heteroatoms. The number of hydrogen-bond acceptors (Lipinski definition) is 5. The van der Waals surface area contributed by atoms with E-state index in [1.54, 1.807) is 36.4 Å². The molecule has 1 aliphatic heterocycles. The van der Waals surface area contributed by atoms with Gasteiger partial charge in [0.2, 0.25) is 15.9 Å². The van der Waals surface area contributed by atoms with E-state index < -0.39 is 39.8 Å². The third kappa shape index (κ3) is 5.69. The highest BCUT2D eigenvalue weighted by molar-refractivity contribution is 7.89. The van der Waals surface area contributed by atoms with Crippen molar-refractivity contribution in [3.63, 3.8) is 0 Å². The third-order valence-electron chi connectivity index (χ3n) is 6.28. The van der Waals surface area contributed by atoms with Crippen LogP contribution in [-0.2, 0) is 26.0 Å². The van der Waals surface area contributed by atoms with Crippen molar-refractivity contribution >= 4 is 21.9 Å². The standard InChI is InChI=1S/C27H24FN3O5S/c28-21-6-3-7-22(16-21)37(35,36)31-14-4-9-25(31)26(32)30-24(27(33)34)15-18-10-12-19(13-11-18)23-8-2-1-5-20(23)17-29/h1-3,5-8,10-13,16,24-25H,4,9,14-15H2,(H,30,32)(H,33,34)/t24-,25-/m0/s1. The first-order valence-electron chi connectivity index (χ1n) is 11.6. The number of carbonyl (C=O) groups is 2. The van der Waals surface area contributed by atoms with Gasteiger partial charge in [0, 0.05) is 13.0 Å². The van der Waals surface area contributed by atoms with Crippen molar-refractivity contribution in [1.82, 2.24) is 9.62 Å². The van der Waals surface area contributed by atoms with Gasteiger partial charge >= 0.3 is 5.97 Å². The first-order chi connectivity index (χ1) is 17.7. The van der Waals surface area contributed by atoms with Crippen LogP contribution in [0.15, 0.2) is 77.7 Å². The summed E-state index contributed by atoms with van der Waals surface area (Å²) in [6.07, 6.45) is 0.611. The van der Waals surface area contributed by atoms with E-state index in [2.05, 4.69) is 11.4 Å². The van der Waals surface area contributed by atoms with Crippen LogP contribution >= 0.6 is 0 Å². The van der Waals surface area contributed by atoms with Crippen LogP contribution in [0, 0.1) is 17.1 Å². The lowest BCUT2D eigenvalue weighted by molar-refractivity contribution is -0.142. The van der Waals surface area contributed by atoms with Gasteiger partial charge in [0.1, 0.15) is 17.9 Å². The van der Waals surface area contributed by atoms with E-state index in [0.717, 1.165) is 27.6 Å². The first kappa shape index (κ1) is 26.0. The monoisotopic (exact) mass is 521 g/mol. The van der Waals surface area contributed by atoms with Crippen molar-refractivity contribution in [2.75, 3.05) is 6.54 Å². The summed E-state index contributed by atoms with van der Waals surface area (Å²) in [7, 11) is -4.15. The Morgan fingerprint density at radius 1 is 1.11 bits per heavy atom. The summed E-state index contributed by atoms with van der Waals surface area (Å²) in [5, 5.41) is 21.5. The molecule has 0 aromatic heterocycles. The first-order valence-corrected chi connectivity index (χ1v) is 13.0. The Labute approximate surface area is 214 Å². The van der Waals surface area contributed by atoms with Crippen LogP contribution in [0.3, 0.4) is 0 Å². The largest absolute Gasteiger partial charge is 0.480 e. The Kier molecular flexibility index (Phi) is 7.66. The minimum atomic E-state index is -4.15. The summed E-state index contributed by atoms with van der Waals surface area (Å²) in [5.74, 6) is -2.69. The third-order valence-corrected chi connectivity index (χ3v) is 8.18. The van der Waals surface area contributed by atoms with Gasteiger partial charge in [0.25, 0.3) is 0 Å². The molecule has 37 heavy (non-hydrogen) atoms. The van der Waals surface area contributed by atoms with Crippen molar-refractivity contribution in [1.29, 1.82) is 5.26 Å². The topological polar surface area (TPSA) is 128 Å². The second kappa shape index (κ2) is 10.9. The van der Waals surface area contributed by atoms with E-state index in [0.29, 0.717) is 17.5 Å². The fraction of sp³-hybridized carbons (Fsp3) is 0.222. The molecular weight excluding hydrogens is 497 g/mol. The van der Waals surface area contributed by atoms with E-state index >= 15 is 0 Å². The number of amides is 1. The van der Waals surface area contributed by atoms with E-state index in [9.17, 15) is 32.8 Å². The van der Waals surface area contributed by atoms with Gasteiger partial charge in [-0.25, -0.2) is 17.6 Å². The molecule has 0 radical (unpaired) electrons. The van der Waals surface area contributed by atoms with Crippen LogP contribution in [0.1, 0.15) is 24.0 Å². The van der Waals surface area contributed by atoms with Crippen molar-refractivity contribution in [3.05, 3.63) is 89.7 Å². The predicted octanol–water partition coefficient (Wildman–Crippen LogP) is 3.33. The number of rotatable bonds is 8. The second-order valence-electron chi connectivity index (χ2n) is 8.69. The minimum Gasteiger partial charge on any atom is -0.480 e. The molecule has 190 valence electrons. The Balaban J connectivity index is 1.48. The molecule has 3 aromatic carbocycles. The minimum absolute atomic E-state index is 0.0232. The molecule has 1 saturated heterocycles. The normalized spacial score (nSPS) is 16.6. The highest BCUT2D eigenvalue weighted by Crippen LogP contribution is 2.27. The number of halogens is 1. The number of hydrogen-bond donors (Lipinski definition) is 2. The van der Waals surface area contributed by atoms with E-state index in [4.69, 9.17) is 0 Å². The number of carboxylic acid groups (broad SMARTS) is 1. The Bertz CT molecular complexity index is 1470. The maximum atomic E-state index is 13.6. The molecule has 0 saturated carbocycles. The van der Waals surface area contributed by atoms with Gasteiger partial charge in [0.15, 0.2) is 0 Å². The summed E-state index contributed by atoms with van der Waals surface area (Å²) in [6.45, 7) is 0.0697. The van der Waals surface area contributed by atoms with E-state index in [1.165, 1.54) is 12.1 Å². The highest BCUT2D eigenvalue weighted by atomic mass is 32.2. The number of carboxylic acids is 1. The van der Waals surface area contributed by atoms with E-state index in [1.807, 2.05) is 12.1 Å².